The predicted octanol–water partition coefficient (Wildman–Crippen LogP) is 11.8. The third-order valence-electron chi connectivity index (χ3n) is 9.83. The molecule has 0 N–H and O–H groups in total. The van der Waals surface area contributed by atoms with E-state index in [0.29, 0.717) is 34.4 Å². The molecule has 10 rings (SSSR count). The zero-order valence-electron chi connectivity index (χ0n) is 29.7. The molecule has 0 aliphatic heterocycles. The second-order valence-corrected chi connectivity index (χ2v) is 13.4. The Labute approximate surface area is 318 Å². The summed E-state index contributed by atoms with van der Waals surface area (Å²) in [6.45, 7) is 0. The Bertz CT molecular complexity index is 2650. The van der Waals surface area contributed by atoms with Crippen molar-refractivity contribution >= 4 is 21.8 Å². The lowest BCUT2D eigenvalue weighted by molar-refractivity contribution is 1.12. The van der Waals surface area contributed by atoms with Gasteiger partial charge < -0.3 is 4.57 Å². The topological polar surface area (TPSA) is 69.4 Å². The minimum Gasteiger partial charge on any atom is -0.309 e. The lowest BCUT2D eigenvalue weighted by Crippen LogP contribution is -2.02. The molecule has 0 unspecified atom stereocenters. The molecule has 10 aromatic rings. The van der Waals surface area contributed by atoms with Crippen LogP contribution in [-0.4, -0.2) is 29.5 Å². The number of hydrogen-bond donors (Lipinski definition) is 0. The molecular formula is C49H32N6. The summed E-state index contributed by atoms with van der Waals surface area (Å²) in [5, 5.41) is 2.36. The van der Waals surface area contributed by atoms with Crippen LogP contribution in [0.2, 0.25) is 0 Å². The monoisotopic (exact) mass is 704 g/mol. The van der Waals surface area contributed by atoms with Crippen molar-refractivity contribution in [1.82, 2.24) is 29.5 Å². The van der Waals surface area contributed by atoms with Crippen LogP contribution in [-0.2, 0) is 0 Å². The van der Waals surface area contributed by atoms with E-state index < -0.39 is 0 Å². The average molecular weight is 705 g/mol. The maximum atomic E-state index is 5.39. The molecule has 6 nitrogen and oxygen atoms in total. The van der Waals surface area contributed by atoms with Gasteiger partial charge in [-0.25, -0.2) is 24.9 Å². The van der Waals surface area contributed by atoms with Crippen LogP contribution in [0.25, 0.3) is 95.6 Å². The van der Waals surface area contributed by atoms with Gasteiger partial charge in [0.15, 0.2) is 11.6 Å². The van der Waals surface area contributed by atoms with Crippen molar-refractivity contribution in [2.75, 3.05) is 0 Å². The fraction of sp³-hybridized carbons (Fsp3) is 0. The van der Waals surface area contributed by atoms with Gasteiger partial charge in [0.2, 0.25) is 0 Å². The summed E-state index contributed by atoms with van der Waals surface area (Å²) >= 11 is 0. The molecule has 0 fully saturated rings. The number of benzene rings is 6. The molecule has 6 aromatic carbocycles. The van der Waals surface area contributed by atoms with Crippen molar-refractivity contribution in [1.29, 1.82) is 0 Å². The highest BCUT2D eigenvalue weighted by Gasteiger charge is 2.19. The second kappa shape index (κ2) is 13.8. The highest BCUT2D eigenvalue weighted by atomic mass is 15.0. The molecule has 0 saturated carbocycles. The number of hydrogen-bond acceptors (Lipinski definition) is 5. The lowest BCUT2D eigenvalue weighted by atomic mass is 10.1. The molecule has 0 atom stereocenters. The molecule has 0 radical (unpaired) electrons. The Balaban J connectivity index is 1.27. The molecule has 6 heteroatoms. The first-order chi connectivity index (χ1) is 27.2. The highest BCUT2D eigenvalue weighted by molar-refractivity contribution is 6.09. The quantitative estimate of drug-likeness (QED) is 0.165. The summed E-state index contributed by atoms with van der Waals surface area (Å²) in [5.41, 5.74) is 11.4. The molecule has 0 aliphatic rings. The summed E-state index contributed by atoms with van der Waals surface area (Å²) in [7, 11) is 0. The number of nitrogens with zero attached hydrogens (tertiary/aromatic N) is 6. The van der Waals surface area contributed by atoms with E-state index in [1.54, 1.807) is 0 Å². The van der Waals surface area contributed by atoms with Gasteiger partial charge >= 0.3 is 0 Å². The van der Waals surface area contributed by atoms with Gasteiger partial charge in [0.05, 0.1) is 50.9 Å². The van der Waals surface area contributed by atoms with Crippen LogP contribution in [0, 0.1) is 0 Å². The molecule has 0 aliphatic carbocycles. The number of aromatic nitrogens is 6. The summed E-state index contributed by atoms with van der Waals surface area (Å²) in [6.07, 6.45) is 0. The van der Waals surface area contributed by atoms with Crippen molar-refractivity contribution in [3.63, 3.8) is 0 Å². The number of fused-ring (bicyclic) bond motifs is 3. The molecule has 4 heterocycles. The van der Waals surface area contributed by atoms with Crippen molar-refractivity contribution in [3.8, 4) is 73.8 Å². The van der Waals surface area contributed by atoms with Gasteiger partial charge in [0.1, 0.15) is 0 Å². The van der Waals surface area contributed by atoms with Crippen molar-refractivity contribution in [2.24, 2.45) is 0 Å². The summed E-state index contributed by atoms with van der Waals surface area (Å²) in [6, 6.07) is 66.1. The summed E-state index contributed by atoms with van der Waals surface area (Å²) < 4.78 is 2.31. The number of pyridine rings is 1. The standard InChI is InChI=1S/C49H32N6/c1-5-17-33(18-6-1)40-31-44(53-48(51-40)35-21-9-3-10-22-35)42-29-37(55-46-27-15-13-25-38(46)39-26-14-16-28-47(39)55)30-43(50-42)45-32-41(34-19-7-2-8-20-34)52-49(54-45)36-23-11-4-12-24-36/h1-32H. The number of para-hydroxylation sites is 2. The fourth-order valence-corrected chi connectivity index (χ4v) is 7.21. The van der Waals surface area contributed by atoms with Gasteiger partial charge in [-0.05, 0) is 36.4 Å². The lowest BCUT2D eigenvalue weighted by Gasteiger charge is -2.15. The predicted molar refractivity (Wildman–Crippen MR) is 222 cm³/mol. The molecule has 0 saturated heterocycles. The molecule has 0 bridgehead atoms. The highest BCUT2D eigenvalue weighted by Crippen LogP contribution is 2.36. The first-order valence-corrected chi connectivity index (χ1v) is 18.3. The van der Waals surface area contributed by atoms with Gasteiger partial charge in [0, 0.05) is 33.0 Å². The Hall–Kier alpha value is -7.57. The van der Waals surface area contributed by atoms with Crippen LogP contribution < -0.4 is 0 Å². The molecule has 4 aromatic heterocycles. The van der Waals surface area contributed by atoms with E-state index in [-0.39, 0.29) is 0 Å². The molecular weight excluding hydrogens is 673 g/mol. The van der Waals surface area contributed by atoms with E-state index in [2.05, 4.69) is 89.5 Å². The SMILES string of the molecule is c1ccc(-c2cc(-c3cc(-n4c5ccccc5c5ccccc54)cc(-c4cc(-c5ccccc5)nc(-c5ccccc5)n4)n3)nc(-c3ccccc3)n2)cc1. The first-order valence-electron chi connectivity index (χ1n) is 18.3. The van der Waals surface area contributed by atoms with Crippen molar-refractivity contribution in [2.45, 2.75) is 0 Å². The van der Waals surface area contributed by atoms with Gasteiger partial charge in [0.25, 0.3) is 0 Å². The van der Waals surface area contributed by atoms with Crippen LogP contribution in [0.4, 0.5) is 0 Å². The van der Waals surface area contributed by atoms with E-state index in [9.17, 15) is 0 Å². The van der Waals surface area contributed by atoms with E-state index >= 15 is 0 Å². The average Bonchev–Trinajstić information content (AvgIpc) is 3.61. The fourth-order valence-electron chi connectivity index (χ4n) is 7.21. The van der Waals surface area contributed by atoms with E-state index in [1.165, 1.54) is 10.8 Å². The van der Waals surface area contributed by atoms with Gasteiger partial charge in [-0.15, -0.1) is 0 Å². The second-order valence-electron chi connectivity index (χ2n) is 13.4. The number of rotatable bonds is 7. The molecule has 55 heavy (non-hydrogen) atoms. The maximum Gasteiger partial charge on any atom is 0.160 e. The molecule has 0 spiro atoms. The zero-order chi connectivity index (χ0) is 36.6. The van der Waals surface area contributed by atoms with Crippen molar-refractivity contribution < 1.29 is 0 Å². The Morgan fingerprint density at radius 2 is 0.600 bits per heavy atom. The first kappa shape index (κ1) is 32.1. The maximum absolute atomic E-state index is 5.39. The van der Waals surface area contributed by atoms with Crippen LogP contribution in [0.5, 0.6) is 0 Å². The zero-order valence-corrected chi connectivity index (χ0v) is 29.7. The summed E-state index contributed by atoms with van der Waals surface area (Å²) in [5.74, 6) is 1.25. The van der Waals surface area contributed by atoms with Gasteiger partial charge in [-0.3, -0.25) is 0 Å². The smallest absolute Gasteiger partial charge is 0.160 e. The Morgan fingerprint density at radius 1 is 0.273 bits per heavy atom. The van der Waals surface area contributed by atoms with Crippen LogP contribution in [0.1, 0.15) is 0 Å². The molecule has 258 valence electrons. The van der Waals surface area contributed by atoms with Gasteiger partial charge in [-0.1, -0.05) is 158 Å². The summed E-state index contributed by atoms with van der Waals surface area (Å²) in [4.78, 5) is 25.9. The Morgan fingerprint density at radius 3 is 1.02 bits per heavy atom. The van der Waals surface area contributed by atoms with E-state index in [0.717, 1.165) is 50.4 Å². The third-order valence-corrected chi connectivity index (χ3v) is 9.83. The normalized spacial score (nSPS) is 11.3. The van der Waals surface area contributed by atoms with E-state index in [4.69, 9.17) is 24.9 Å². The minimum atomic E-state index is 0.627. The largest absolute Gasteiger partial charge is 0.309 e. The molecule has 0 amide bonds. The van der Waals surface area contributed by atoms with Crippen LogP contribution >= 0.6 is 0 Å². The minimum absolute atomic E-state index is 0.627. The van der Waals surface area contributed by atoms with Crippen LogP contribution in [0.3, 0.4) is 0 Å². The van der Waals surface area contributed by atoms with Crippen LogP contribution in [0.15, 0.2) is 194 Å². The van der Waals surface area contributed by atoms with Crippen molar-refractivity contribution in [3.05, 3.63) is 194 Å². The third kappa shape index (κ3) is 6.11. The Kier molecular flexibility index (Phi) is 8.04. The van der Waals surface area contributed by atoms with E-state index in [1.807, 2.05) is 109 Å². The van der Waals surface area contributed by atoms with Gasteiger partial charge in [-0.2, -0.15) is 0 Å².